The molecular weight excluding hydrogens is 515 g/mol. The standard InChI is InChI=1S/C27H26F3N5O2S/c1-15(17-4-3-5-17)31-22-21-23(33-24(32-22)26(36)37)34-25(18-8-12-20(38-2)13-9-18)35(21)14-16-6-10-19(11-7-16)27(28,29)30/h6-13,15,17H,3-5,14H2,1-2H3,(H,36,37)(H,31,32,33)/t15-/m1/s1. The lowest BCUT2D eigenvalue weighted by molar-refractivity contribution is -0.137. The monoisotopic (exact) mass is 541 g/mol. The number of carbonyl (C=O) groups is 1. The van der Waals surface area contributed by atoms with Gasteiger partial charge in [-0.2, -0.15) is 13.2 Å². The van der Waals surface area contributed by atoms with Gasteiger partial charge in [-0.3, -0.25) is 0 Å². The van der Waals surface area contributed by atoms with E-state index in [-0.39, 0.29) is 24.1 Å². The zero-order valence-electron chi connectivity index (χ0n) is 20.8. The Morgan fingerprint density at radius 2 is 1.79 bits per heavy atom. The number of aromatic carboxylic acids is 1. The number of alkyl halides is 3. The number of aromatic nitrogens is 4. The van der Waals surface area contributed by atoms with E-state index >= 15 is 0 Å². The van der Waals surface area contributed by atoms with Gasteiger partial charge in [0, 0.05) is 23.0 Å². The molecule has 1 fully saturated rings. The molecule has 0 radical (unpaired) electrons. The maximum absolute atomic E-state index is 13.1. The second-order valence-electron chi connectivity index (χ2n) is 9.44. The Hall–Kier alpha value is -3.60. The summed E-state index contributed by atoms with van der Waals surface area (Å²) in [6.45, 7) is 2.23. The lowest BCUT2D eigenvalue weighted by Crippen LogP contribution is -2.31. The summed E-state index contributed by atoms with van der Waals surface area (Å²) in [5.74, 6) is -0.334. The third kappa shape index (κ3) is 5.20. The predicted octanol–water partition coefficient (Wildman–Crippen LogP) is 6.58. The van der Waals surface area contributed by atoms with Crippen LogP contribution in [0.3, 0.4) is 0 Å². The number of nitrogens with one attached hydrogen (secondary N) is 1. The van der Waals surface area contributed by atoms with Crippen molar-refractivity contribution < 1.29 is 23.1 Å². The van der Waals surface area contributed by atoms with E-state index in [9.17, 15) is 23.1 Å². The molecule has 0 unspecified atom stereocenters. The topological polar surface area (TPSA) is 92.9 Å². The van der Waals surface area contributed by atoms with Crippen LogP contribution in [0.25, 0.3) is 22.6 Å². The molecule has 0 spiro atoms. The van der Waals surface area contributed by atoms with E-state index in [2.05, 4.69) is 15.3 Å². The number of imidazole rings is 1. The van der Waals surface area contributed by atoms with Gasteiger partial charge in [0.15, 0.2) is 11.5 Å². The molecule has 198 valence electrons. The number of hydrogen-bond acceptors (Lipinski definition) is 6. The van der Waals surface area contributed by atoms with Gasteiger partial charge in [-0.05, 0) is 61.8 Å². The van der Waals surface area contributed by atoms with Gasteiger partial charge in [0.25, 0.3) is 0 Å². The minimum Gasteiger partial charge on any atom is -0.475 e. The summed E-state index contributed by atoms with van der Waals surface area (Å²) >= 11 is 1.60. The van der Waals surface area contributed by atoms with Gasteiger partial charge < -0.3 is 15.0 Å². The highest BCUT2D eigenvalue weighted by atomic mass is 32.2. The van der Waals surface area contributed by atoms with Gasteiger partial charge in [-0.15, -0.1) is 11.8 Å². The number of halogens is 3. The van der Waals surface area contributed by atoms with Crippen LogP contribution in [0.5, 0.6) is 0 Å². The fourth-order valence-electron chi connectivity index (χ4n) is 4.60. The van der Waals surface area contributed by atoms with Gasteiger partial charge in [0.05, 0.1) is 5.56 Å². The number of benzene rings is 2. The van der Waals surface area contributed by atoms with Crippen molar-refractivity contribution >= 4 is 34.7 Å². The van der Waals surface area contributed by atoms with E-state index in [1.54, 1.807) is 11.8 Å². The first-order valence-electron chi connectivity index (χ1n) is 12.2. The molecule has 0 bridgehead atoms. The highest BCUT2D eigenvalue weighted by molar-refractivity contribution is 7.98. The van der Waals surface area contributed by atoms with Crippen molar-refractivity contribution in [2.75, 3.05) is 11.6 Å². The fraction of sp³-hybridized carbons (Fsp3) is 0.333. The van der Waals surface area contributed by atoms with Crippen LogP contribution in [0.4, 0.5) is 19.0 Å². The maximum atomic E-state index is 13.1. The highest BCUT2D eigenvalue weighted by Crippen LogP contribution is 2.35. The van der Waals surface area contributed by atoms with Crippen molar-refractivity contribution in [2.24, 2.45) is 5.92 Å². The molecule has 1 aliphatic rings. The summed E-state index contributed by atoms with van der Waals surface area (Å²) in [4.78, 5) is 26.1. The fourth-order valence-corrected chi connectivity index (χ4v) is 5.01. The van der Waals surface area contributed by atoms with Crippen LogP contribution < -0.4 is 5.32 Å². The maximum Gasteiger partial charge on any atom is 0.416 e. The highest BCUT2D eigenvalue weighted by Gasteiger charge is 2.30. The van der Waals surface area contributed by atoms with Crippen LogP contribution in [0.15, 0.2) is 53.4 Å². The van der Waals surface area contributed by atoms with E-state index in [0.29, 0.717) is 28.6 Å². The number of thioether (sulfide) groups is 1. The Balaban J connectivity index is 1.67. The molecule has 0 saturated heterocycles. The Morgan fingerprint density at radius 3 is 2.34 bits per heavy atom. The molecule has 2 N–H and O–H groups in total. The third-order valence-corrected chi connectivity index (χ3v) is 7.73. The zero-order chi connectivity index (χ0) is 27.0. The van der Waals surface area contributed by atoms with Crippen LogP contribution in [0, 0.1) is 5.92 Å². The molecule has 2 heterocycles. The van der Waals surface area contributed by atoms with E-state index in [0.717, 1.165) is 41.9 Å². The number of anilines is 1. The molecule has 0 amide bonds. The largest absolute Gasteiger partial charge is 0.475 e. The van der Waals surface area contributed by atoms with Crippen LogP contribution >= 0.6 is 11.8 Å². The number of carboxylic acids is 1. The summed E-state index contributed by atoms with van der Waals surface area (Å²) in [6.07, 6.45) is 0.843. The molecule has 5 rings (SSSR count). The first-order chi connectivity index (χ1) is 18.1. The minimum atomic E-state index is -4.43. The van der Waals surface area contributed by atoms with E-state index in [1.807, 2.05) is 42.0 Å². The summed E-state index contributed by atoms with van der Waals surface area (Å²) < 4.78 is 41.3. The van der Waals surface area contributed by atoms with E-state index in [4.69, 9.17) is 4.98 Å². The summed E-state index contributed by atoms with van der Waals surface area (Å²) in [5, 5.41) is 13.1. The molecule has 0 aliphatic heterocycles. The second kappa shape index (κ2) is 10.3. The molecular formula is C27H26F3N5O2S. The van der Waals surface area contributed by atoms with Crippen LogP contribution in [-0.4, -0.2) is 42.9 Å². The van der Waals surface area contributed by atoms with Crippen molar-refractivity contribution in [3.8, 4) is 11.4 Å². The summed E-state index contributed by atoms with van der Waals surface area (Å²) in [5.41, 5.74) is 1.37. The Labute approximate surface area is 221 Å². The molecule has 2 aromatic heterocycles. The normalized spacial score (nSPS) is 14.9. The Bertz CT molecular complexity index is 1470. The molecule has 1 aliphatic carbocycles. The van der Waals surface area contributed by atoms with Gasteiger partial charge in [0.1, 0.15) is 11.3 Å². The second-order valence-corrected chi connectivity index (χ2v) is 10.3. The molecule has 7 nitrogen and oxygen atoms in total. The quantitative estimate of drug-likeness (QED) is 0.243. The minimum absolute atomic E-state index is 0.0437. The number of carboxylic acid groups (broad SMARTS) is 1. The zero-order valence-corrected chi connectivity index (χ0v) is 21.6. The van der Waals surface area contributed by atoms with Gasteiger partial charge >= 0.3 is 12.1 Å². The number of fused-ring (bicyclic) bond motifs is 1. The summed E-state index contributed by atoms with van der Waals surface area (Å²) in [6, 6.07) is 12.7. The van der Waals surface area contributed by atoms with Crippen LogP contribution in [-0.2, 0) is 12.7 Å². The average Bonchev–Trinajstić information content (AvgIpc) is 3.21. The SMILES string of the molecule is CSc1ccc(-c2nc3nc(C(=O)O)nc(N[C@H](C)C4CCC4)c3n2Cc2ccc(C(F)(F)F)cc2)cc1. The van der Waals surface area contributed by atoms with Crippen LogP contribution in [0.1, 0.15) is 47.9 Å². The molecule has 11 heteroatoms. The number of hydrogen-bond donors (Lipinski definition) is 2. The molecule has 1 atom stereocenters. The third-order valence-electron chi connectivity index (χ3n) is 6.99. The Morgan fingerprint density at radius 1 is 1.11 bits per heavy atom. The van der Waals surface area contributed by atoms with E-state index in [1.165, 1.54) is 12.1 Å². The summed E-state index contributed by atoms with van der Waals surface area (Å²) in [7, 11) is 0. The van der Waals surface area contributed by atoms with Crippen molar-refractivity contribution in [1.29, 1.82) is 0 Å². The lowest BCUT2D eigenvalue weighted by atomic mass is 9.80. The van der Waals surface area contributed by atoms with Gasteiger partial charge in [-0.1, -0.05) is 30.7 Å². The average molecular weight is 542 g/mol. The molecule has 4 aromatic rings. The molecule has 1 saturated carbocycles. The van der Waals surface area contributed by atoms with Crippen LogP contribution in [0.2, 0.25) is 0 Å². The number of rotatable bonds is 8. The van der Waals surface area contributed by atoms with Gasteiger partial charge in [0.2, 0.25) is 5.82 Å². The van der Waals surface area contributed by atoms with Crippen molar-refractivity contribution in [1.82, 2.24) is 19.5 Å². The first kappa shape index (κ1) is 26.0. The smallest absolute Gasteiger partial charge is 0.416 e. The first-order valence-corrected chi connectivity index (χ1v) is 13.4. The lowest BCUT2D eigenvalue weighted by Gasteiger charge is -2.32. The van der Waals surface area contributed by atoms with Crippen molar-refractivity contribution in [3.63, 3.8) is 0 Å². The van der Waals surface area contributed by atoms with E-state index < -0.39 is 17.7 Å². The molecule has 38 heavy (non-hydrogen) atoms. The Kier molecular flexibility index (Phi) is 7.04. The number of nitrogens with zero attached hydrogens (tertiary/aromatic N) is 4. The van der Waals surface area contributed by atoms with Gasteiger partial charge in [-0.25, -0.2) is 19.7 Å². The predicted molar refractivity (Wildman–Crippen MR) is 140 cm³/mol. The van der Waals surface area contributed by atoms with Crippen molar-refractivity contribution in [2.45, 2.75) is 49.8 Å². The van der Waals surface area contributed by atoms with Crippen molar-refractivity contribution in [3.05, 3.63) is 65.5 Å². The molecule has 2 aromatic carbocycles.